The number of carbonyl (C=O) groups is 2. The van der Waals surface area contributed by atoms with Gasteiger partial charge in [-0.15, -0.1) is 11.3 Å². The summed E-state index contributed by atoms with van der Waals surface area (Å²) in [7, 11) is 1.30. The minimum absolute atomic E-state index is 0.0358. The predicted octanol–water partition coefficient (Wildman–Crippen LogP) is 1.78. The largest absolute Gasteiger partial charge is 0.467 e. The summed E-state index contributed by atoms with van der Waals surface area (Å²) < 4.78 is 4.65. The van der Waals surface area contributed by atoms with Crippen LogP contribution in [0.3, 0.4) is 0 Å². The maximum Gasteiger partial charge on any atom is 0.328 e. The third-order valence-electron chi connectivity index (χ3n) is 2.46. The third kappa shape index (κ3) is 4.82. The van der Waals surface area contributed by atoms with Gasteiger partial charge in [-0.2, -0.15) is 0 Å². The number of aromatic nitrogens is 1. The van der Waals surface area contributed by atoms with Crippen molar-refractivity contribution in [1.82, 2.24) is 10.3 Å². The second-order valence-corrected chi connectivity index (χ2v) is 5.44. The molecule has 104 valence electrons. The van der Waals surface area contributed by atoms with E-state index in [-0.39, 0.29) is 11.8 Å². The molecule has 1 aromatic rings. The topological polar surface area (TPSA) is 68.3 Å². The van der Waals surface area contributed by atoms with Gasteiger partial charge in [-0.05, 0) is 18.9 Å². The van der Waals surface area contributed by atoms with Crippen molar-refractivity contribution in [3.8, 4) is 0 Å². The van der Waals surface area contributed by atoms with Crippen molar-refractivity contribution in [3.63, 3.8) is 0 Å². The number of ether oxygens (including phenoxy) is 1. The van der Waals surface area contributed by atoms with Gasteiger partial charge in [-0.3, -0.25) is 4.79 Å². The minimum Gasteiger partial charge on any atom is -0.467 e. The third-order valence-corrected chi connectivity index (χ3v) is 3.25. The van der Waals surface area contributed by atoms with Crippen LogP contribution in [0.4, 0.5) is 0 Å². The SMILES string of the molecule is COC(=O)C(NC(=O)/C=C/c1csc(C)n1)C(C)C. The van der Waals surface area contributed by atoms with Gasteiger partial charge in [-0.1, -0.05) is 13.8 Å². The summed E-state index contributed by atoms with van der Waals surface area (Å²) >= 11 is 1.52. The van der Waals surface area contributed by atoms with Crippen molar-refractivity contribution >= 4 is 29.3 Å². The van der Waals surface area contributed by atoms with Crippen molar-refractivity contribution in [2.45, 2.75) is 26.8 Å². The zero-order chi connectivity index (χ0) is 14.4. The molecule has 1 amide bonds. The molecule has 1 unspecified atom stereocenters. The lowest BCUT2D eigenvalue weighted by Crippen LogP contribution is -2.44. The summed E-state index contributed by atoms with van der Waals surface area (Å²) in [6, 6.07) is -0.640. The van der Waals surface area contributed by atoms with E-state index in [0.29, 0.717) is 0 Å². The Bertz CT molecular complexity index is 480. The highest BCUT2D eigenvalue weighted by atomic mass is 32.1. The van der Waals surface area contributed by atoms with E-state index < -0.39 is 12.0 Å². The second kappa shape index (κ2) is 7.04. The van der Waals surface area contributed by atoms with Crippen molar-refractivity contribution < 1.29 is 14.3 Å². The Kier molecular flexibility index (Phi) is 5.69. The first kappa shape index (κ1) is 15.4. The molecule has 1 rings (SSSR count). The first-order chi connectivity index (χ1) is 8.93. The maximum atomic E-state index is 11.7. The summed E-state index contributed by atoms with van der Waals surface area (Å²) in [5.41, 5.74) is 0.733. The van der Waals surface area contributed by atoms with Gasteiger partial charge in [0, 0.05) is 11.5 Å². The molecule has 0 fully saturated rings. The number of hydrogen-bond acceptors (Lipinski definition) is 5. The number of nitrogens with zero attached hydrogens (tertiary/aromatic N) is 1. The molecule has 1 heterocycles. The summed E-state index contributed by atoms with van der Waals surface area (Å²) in [6.07, 6.45) is 2.99. The lowest BCUT2D eigenvalue weighted by Gasteiger charge is -2.18. The monoisotopic (exact) mass is 282 g/mol. The summed E-state index contributed by atoms with van der Waals surface area (Å²) in [6.45, 7) is 5.58. The average molecular weight is 282 g/mol. The van der Waals surface area contributed by atoms with Gasteiger partial charge in [0.1, 0.15) is 6.04 Å². The molecule has 0 aromatic carbocycles. The van der Waals surface area contributed by atoms with Gasteiger partial charge in [0.25, 0.3) is 0 Å². The second-order valence-electron chi connectivity index (χ2n) is 4.38. The number of hydrogen-bond donors (Lipinski definition) is 1. The molecule has 0 saturated carbocycles. The van der Waals surface area contributed by atoms with Gasteiger partial charge in [0.2, 0.25) is 5.91 Å². The van der Waals surface area contributed by atoms with Crippen LogP contribution in [0.1, 0.15) is 24.5 Å². The molecular weight excluding hydrogens is 264 g/mol. The van der Waals surface area contributed by atoms with Crippen molar-refractivity contribution in [3.05, 3.63) is 22.2 Å². The van der Waals surface area contributed by atoms with E-state index >= 15 is 0 Å². The van der Waals surface area contributed by atoms with Crippen molar-refractivity contribution in [1.29, 1.82) is 0 Å². The fourth-order valence-corrected chi connectivity index (χ4v) is 2.02. The Morgan fingerprint density at radius 1 is 1.47 bits per heavy atom. The first-order valence-electron chi connectivity index (χ1n) is 5.92. The van der Waals surface area contributed by atoms with Crippen LogP contribution in [0.15, 0.2) is 11.5 Å². The number of nitrogens with one attached hydrogen (secondary N) is 1. The predicted molar refractivity (Wildman–Crippen MR) is 74.7 cm³/mol. The van der Waals surface area contributed by atoms with Crippen LogP contribution in [-0.4, -0.2) is 30.0 Å². The van der Waals surface area contributed by atoms with E-state index in [1.54, 1.807) is 6.08 Å². The van der Waals surface area contributed by atoms with E-state index in [2.05, 4.69) is 15.0 Å². The van der Waals surface area contributed by atoms with Gasteiger partial charge >= 0.3 is 5.97 Å². The van der Waals surface area contributed by atoms with Gasteiger partial charge in [-0.25, -0.2) is 9.78 Å². The average Bonchev–Trinajstić information content (AvgIpc) is 2.78. The van der Waals surface area contributed by atoms with Crippen LogP contribution in [0, 0.1) is 12.8 Å². The first-order valence-corrected chi connectivity index (χ1v) is 6.80. The van der Waals surface area contributed by atoms with Crippen molar-refractivity contribution in [2.75, 3.05) is 7.11 Å². The molecule has 0 aliphatic rings. The lowest BCUT2D eigenvalue weighted by molar-refractivity contribution is -0.145. The van der Waals surface area contributed by atoms with Crippen LogP contribution in [0.25, 0.3) is 6.08 Å². The standard InChI is InChI=1S/C13H18N2O3S/c1-8(2)12(13(17)18-4)15-11(16)6-5-10-7-19-9(3)14-10/h5-8,12H,1-4H3,(H,15,16)/b6-5+. The molecule has 6 heteroatoms. The molecule has 1 atom stereocenters. The van der Waals surface area contributed by atoms with E-state index in [9.17, 15) is 9.59 Å². The Hall–Kier alpha value is -1.69. The number of esters is 1. The van der Waals surface area contributed by atoms with Crippen LogP contribution in [-0.2, 0) is 14.3 Å². The highest BCUT2D eigenvalue weighted by Crippen LogP contribution is 2.09. The molecule has 0 radical (unpaired) electrons. The number of aryl methyl sites for hydroxylation is 1. The number of amides is 1. The van der Waals surface area contributed by atoms with Gasteiger partial charge in [0.15, 0.2) is 0 Å². The molecule has 0 aliphatic carbocycles. The molecule has 0 aliphatic heterocycles. The van der Waals surface area contributed by atoms with Gasteiger partial charge in [0.05, 0.1) is 17.8 Å². The summed E-state index contributed by atoms with van der Waals surface area (Å²) in [5, 5.41) is 5.42. The molecule has 19 heavy (non-hydrogen) atoms. The molecule has 1 aromatic heterocycles. The Morgan fingerprint density at radius 2 is 2.16 bits per heavy atom. The molecule has 0 saturated heterocycles. The quantitative estimate of drug-likeness (QED) is 0.660. The van der Waals surface area contributed by atoms with Crippen LogP contribution in [0.2, 0.25) is 0 Å². The molecule has 0 bridgehead atoms. The zero-order valence-corrected chi connectivity index (χ0v) is 12.3. The fourth-order valence-electron chi connectivity index (χ4n) is 1.44. The summed E-state index contributed by atoms with van der Waals surface area (Å²) in [5.74, 6) is -0.817. The van der Waals surface area contributed by atoms with E-state index in [4.69, 9.17) is 0 Å². The lowest BCUT2D eigenvalue weighted by atomic mass is 10.0. The number of carbonyl (C=O) groups excluding carboxylic acids is 2. The van der Waals surface area contributed by atoms with Gasteiger partial charge < -0.3 is 10.1 Å². The minimum atomic E-state index is -0.640. The van der Waals surface area contributed by atoms with Crippen LogP contribution in [0.5, 0.6) is 0 Å². The molecule has 0 spiro atoms. The number of thiazole rings is 1. The number of methoxy groups -OCH3 is 1. The normalized spacial score (nSPS) is 12.7. The highest BCUT2D eigenvalue weighted by molar-refractivity contribution is 7.09. The van der Waals surface area contributed by atoms with E-state index in [1.165, 1.54) is 24.5 Å². The smallest absolute Gasteiger partial charge is 0.328 e. The number of rotatable bonds is 5. The van der Waals surface area contributed by atoms with Crippen LogP contribution < -0.4 is 5.32 Å². The fraction of sp³-hybridized carbons (Fsp3) is 0.462. The Balaban J connectivity index is 2.62. The maximum absolute atomic E-state index is 11.7. The highest BCUT2D eigenvalue weighted by Gasteiger charge is 2.23. The zero-order valence-electron chi connectivity index (χ0n) is 11.5. The van der Waals surface area contributed by atoms with E-state index in [0.717, 1.165) is 10.7 Å². The van der Waals surface area contributed by atoms with Crippen molar-refractivity contribution in [2.24, 2.45) is 5.92 Å². The van der Waals surface area contributed by atoms with E-state index in [1.807, 2.05) is 26.2 Å². The summed E-state index contributed by atoms with van der Waals surface area (Å²) in [4.78, 5) is 27.4. The molecule has 1 N–H and O–H groups in total. The molecular formula is C13H18N2O3S. The Morgan fingerprint density at radius 3 is 2.63 bits per heavy atom. The molecule has 5 nitrogen and oxygen atoms in total. The van der Waals surface area contributed by atoms with Crippen LogP contribution >= 0.6 is 11.3 Å². The Labute approximate surface area is 116 Å².